The fraction of sp³-hybridized carbons (Fsp3) is 0.143. The highest BCUT2D eigenvalue weighted by Gasteiger charge is 2.16. The molecule has 0 aromatic heterocycles. The van der Waals surface area contributed by atoms with Crippen LogP contribution in [0.15, 0.2) is 36.4 Å². The summed E-state index contributed by atoms with van der Waals surface area (Å²) in [7, 11) is 0. The first-order valence-corrected chi connectivity index (χ1v) is 6.43. The lowest BCUT2D eigenvalue weighted by Gasteiger charge is -2.12. The Morgan fingerprint density at radius 3 is 2.76 bits per heavy atom. The Hall–Kier alpha value is -2.18. The number of ether oxygens (including phenoxy) is 1. The summed E-state index contributed by atoms with van der Waals surface area (Å²) in [5.41, 5.74) is 6.13. The van der Waals surface area contributed by atoms with Gasteiger partial charge in [0.2, 0.25) is 0 Å². The van der Waals surface area contributed by atoms with Crippen LogP contribution in [0.25, 0.3) is 0 Å². The monoisotopic (exact) mass is 310 g/mol. The van der Waals surface area contributed by atoms with E-state index in [-0.39, 0.29) is 24.4 Å². The smallest absolute Gasteiger partial charge is 0.276 e. The normalized spacial score (nSPS) is 10.4. The minimum Gasteiger partial charge on any atom is -0.488 e. The predicted octanol–water partition coefficient (Wildman–Crippen LogP) is 3.43. The van der Waals surface area contributed by atoms with Gasteiger partial charge in [0.25, 0.3) is 5.69 Å². The Balaban J connectivity index is 2.26. The van der Waals surface area contributed by atoms with Crippen molar-refractivity contribution in [3.05, 3.63) is 68.5 Å². The van der Waals surface area contributed by atoms with E-state index in [2.05, 4.69) is 0 Å². The number of halogens is 2. The summed E-state index contributed by atoms with van der Waals surface area (Å²) in [4.78, 5) is 10.3. The molecule has 0 saturated heterocycles. The Kier molecular flexibility index (Phi) is 4.72. The molecule has 0 bridgehead atoms. The Labute approximate surface area is 125 Å². The molecule has 0 aliphatic heterocycles. The Bertz CT molecular complexity index is 679. The second-order valence-corrected chi connectivity index (χ2v) is 4.65. The largest absolute Gasteiger partial charge is 0.488 e. The van der Waals surface area contributed by atoms with Gasteiger partial charge in [-0.1, -0.05) is 17.7 Å². The van der Waals surface area contributed by atoms with E-state index in [1.807, 2.05) is 0 Å². The third-order valence-corrected chi connectivity index (χ3v) is 3.26. The molecule has 0 heterocycles. The first kappa shape index (κ1) is 15.2. The first-order valence-electron chi connectivity index (χ1n) is 6.06. The van der Waals surface area contributed by atoms with Crippen molar-refractivity contribution in [1.82, 2.24) is 0 Å². The highest BCUT2D eigenvalue weighted by molar-refractivity contribution is 6.31. The summed E-state index contributed by atoms with van der Waals surface area (Å²) in [6.07, 6.45) is 0. The van der Waals surface area contributed by atoms with Crippen molar-refractivity contribution in [1.29, 1.82) is 0 Å². The number of nitro benzene ring substituents is 1. The second-order valence-electron chi connectivity index (χ2n) is 4.24. The lowest BCUT2D eigenvalue weighted by molar-refractivity contribution is -0.385. The Morgan fingerprint density at radius 1 is 1.33 bits per heavy atom. The van der Waals surface area contributed by atoms with Crippen molar-refractivity contribution in [3.8, 4) is 5.75 Å². The van der Waals surface area contributed by atoms with Crippen LogP contribution in [0.3, 0.4) is 0 Å². The van der Waals surface area contributed by atoms with E-state index in [0.29, 0.717) is 16.3 Å². The quantitative estimate of drug-likeness (QED) is 0.678. The van der Waals surface area contributed by atoms with E-state index >= 15 is 0 Å². The molecule has 0 aliphatic carbocycles. The van der Waals surface area contributed by atoms with Gasteiger partial charge in [0, 0.05) is 23.2 Å². The van der Waals surface area contributed by atoms with Gasteiger partial charge in [-0.3, -0.25) is 10.1 Å². The van der Waals surface area contributed by atoms with Crippen LogP contribution in [0.2, 0.25) is 5.02 Å². The maximum atomic E-state index is 13.2. The summed E-state index contributed by atoms with van der Waals surface area (Å²) in [5, 5.41) is 11.4. The number of nitrogens with two attached hydrogens (primary N) is 1. The average molecular weight is 311 g/mol. The molecule has 0 atom stereocenters. The van der Waals surface area contributed by atoms with Crippen LogP contribution in [-0.4, -0.2) is 4.92 Å². The van der Waals surface area contributed by atoms with E-state index in [1.54, 1.807) is 18.2 Å². The number of hydrogen-bond acceptors (Lipinski definition) is 4. The SMILES string of the molecule is NCc1c(Cl)cccc1OCc1cc(F)ccc1[N+](=O)[O-]. The summed E-state index contributed by atoms with van der Waals surface area (Å²) in [6, 6.07) is 8.21. The van der Waals surface area contributed by atoms with Gasteiger partial charge in [0.1, 0.15) is 18.2 Å². The van der Waals surface area contributed by atoms with Gasteiger partial charge in [0.15, 0.2) is 0 Å². The number of hydrogen-bond donors (Lipinski definition) is 1. The van der Waals surface area contributed by atoms with Crippen molar-refractivity contribution in [3.63, 3.8) is 0 Å². The molecule has 0 saturated carbocycles. The zero-order valence-corrected chi connectivity index (χ0v) is 11.6. The molecule has 0 spiro atoms. The van der Waals surface area contributed by atoms with Gasteiger partial charge in [-0.15, -0.1) is 0 Å². The van der Waals surface area contributed by atoms with Crippen molar-refractivity contribution >= 4 is 17.3 Å². The van der Waals surface area contributed by atoms with Crippen molar-refractivity contribution in [2.75, 3.05) is 0 Å². The molecule has 110 valence electrons. The zero-order valence-electron chi connectivity index (χ0n) is 10.9. The summed E-state index contributed by atoms with van der Waals surface area (Å²) in [6.45, 7) is 0.0155. The molecule has 7 heteroatoms. The zero-order chi connectivity index (χ0) is 15.4. The van der Waals surface area contributed by atoms with Crippen molar-refractivity contribution in [2.45, 2.75) is 13.2 Å². The maximum Gasteiger partial charge on any atom is 0.276 e. The van der Waals surface area contributed by atoms with Crippen LogP contribution in [0, 0.1) is 15.9 Å². The first-order chi connectivity index (χ1) is 10.0. The number of benzene rings is 2. The Morgan fingerprint density at radius 2 is 2.10 bits per heavy atom. The molecule has 0 radical (unpaired) electrons. The molecular formula is C14H12ClFN2O3. The minimum atomic E-state index is -0.583. The molecule has 2 N–H and O–H groups in total. The molecular weight excluding hydrogens is 299 g/mol. The van der Waals surface area contributed by atoms with Gasteiger partial charge in [-0.25, -0.2) is 4.39 Å². The van der Waals surface area contributed by atoms with Gasteiger partial charge < -0.3 is 10.5 Å². The molecule has 0 amide bonds. The van der Waals surface area contributed by atoms with Crippen LogP contribution in [0.5, 0.6) is 5.75 Å². The third kappa shape index (κ3) is 3.48. The van der Waals surface area contributed by atoms with E-state index in [4.69, 9.17) is 22.1 Å². The van der Waals surface area contributed by atoms with Crippen LogP contribution >= 0.6 is 11.6 Å². The summed E-state index contributed by atoms with van der Waals surface area (Å²) >= 11 is 5.99. The molecule has 0 unspecified atom stereocenters. The summed E-state index contributed by atoms with van der Waals surface area (Å²) in [5.74, 6) is -0.145. The second kappa shape index (κ2) is 6.51. The highest BCUT2D eigenvalue weighted by Crippen LogP contribution is 2.28. The van der Waals surface area contributed by atoms with Crippen LogP contribution in [0.1, 0.15) is 11.1 Å². The lowest BCUT2D eigenvalue weighted by atomic mass is 10.1. The molecule has 0 fully saturated rings. The molecule has 2 aromatic rings. The lowest BCUT2D eigenvalue weighted by Crippen LogP contribution is -2.05. The summed E-state index contributed by atoms with van der Waals surface area (Å²) < 4.78 is 18.7. The van der Waals surface area contributed by atoms with Crippen molar-refractivity contribution < 1.29 is 14.1 Å². The van der Waals surface area contributed by atoms with Gasteiger partial charge in [0.05, 0.1) is 10.5 Å². The fourth-order valence-corrected chi connectivity index (χ4v) is 2.12. The molecule has 2 aromatic carbocycles. The predicted molar refractivity (Wildman–Crippen MR) is 76.7 cm³/mol. The van der Waals surface area contributed by atoms with E-state index in [9.17, 15) is 14.5 Å². The van der Waals surface area contributed by atoms with Crippen LogP contribution < -0.4 is 10.5 Å². The molecule has 2 rings (SSSR count). The van der Waals surface area contributed by atoms with E-state index < -0.39 is 10.7 Å². The molecule has 5 nitrogen and oxygen atoms in total. The van der Waals surface area contributed by atoms with Crippen LogP contribution in [-0.2, 0) is 13.2 Å². The molecule has 0 aliphatic rings. The topological polar surface area (TPSA) is 78.4 Å². The van der Waals surface area contributed by atoms with Gasteiger partial charge in [-0.05, 0) is 24.3 Å². The fourth-order valence-electron chi connectivity index (χ4n) is 1.88. The van der Waals surface area contributed by atoms with E-state index in [0.717, 1.165) is 18.2 Å². The number of nitrogens with zero attached hydrogens (tertiary/aromatic N) is 1. The van der Waals surface area contributed by atoms with Gasteiger partial charge >= 0.3 is 0 Å². The third-order valence-electron chi connectivity index (χ3n) is 2.90. The number of nitro groups is 1. The van der Waals surface area contributed by atoms with Gasteiger partial charge in [-0.2, -0.15) is 0 Å². The standard InChI is InChI=1S/C14H12ClFN2O3/c15-12-2-1-3-14(11(12)7-17)21-8-9-6-10(16)4-5-13(9)18(19)20/h1-6H,7-8,17H2. The van der Waals surface area contributed by atoms with E-state index in [1.165, 1.54) is 0 Å². The van der Waals surface area contributed by atoms with Crippen molar-refractivity contribution in [2.24, 2.45) is 5.73 Å². The van der Waals surface area contributed by atoms with Crippen LogP contribution in [0.4, 0.5) is 10.1 Å². The molecule has 21 heavy (non-hydrogen) atoms. The average Bonchev–Trinajstić information content (AvgIpc) is 2.44. The highest BCUT2D eigenvalue weighted by atomic mass is 35.5. The maximum absolute atomic E-state index is 13.2. The minimum absolute atomic E-state index is 0.142. The number of rotatable bonds is 5.